The number of hydrogen-bond acceptors (Lipinski definition) is 5. The first kappa shape index (κ1) is 15.7. The van der Waals surface area contributed by atoms with Crippen LogP contribution < -0.4 is 5.32 Å². The Morgan fingerprint density at radius 2 is 2.19 bits per heavy atom. The van der Waals surface area contributed by atoms with Gasteiger partial charge in [-0.2, -0.15) is 0 Å². The summed E-state index contributed by atoms with van der Waals surface area (Å²) in [5.41, 5.74) is 0.975. The molecule has 1 amide bonds. The van der Waals surface area contributed by atoms with E-state index in [9.17, 15) is 4.79 Å². The number of nitrogens with one attached hydrogen (secondary N) is 1. The number of aromatic nitrogens is 2. The molecule has 6 nitrogen and oxygen atoms in total. The number of nitrogens with zero attached hydrogens (tertiary/aromatic N) is 4. The van der Waals surface area contributed by atoms with Crippen molar-refractivity contribution in [2.45, 2.75) is 38.8 Å². The van der Waals surface area contributed by atoms with E-state index in [0.29, 0.717) is 0 Å². The molecule has 6 heteroatoms. The predicted molar refractivity (Wildman–Crippen MR) is 82.9 cm³/mol. The van der Waals surface area contributed by atoms with E-state index in [1.807, 2.05) is 32.1 Å². The fourth-order valence-corrected chi connectivity index (χ4v) is 2.78. The zero-order valence-corrected chi connectivity index (χ0v) is 13.4. The summed E-state index contributed by atoms with van der Waals surface area (Å²) in [7, 11) is 5.89. The van der Waals surface area contributed by atoms with Crippen molar-refractivity contribution in [3.8, 4) is 0 Å². The third kappa shape index (κ3) is 3.91. The van der Waals surface area contributed by atoms with Crippen LogP contribution in [-0.2, 0) is 11.3 Å². The molecule has 2 rings (SSSR count). The van der Waals surface area contributed by atoms with Crippen molar-refractivity contribution in [3.05, 3.63) is 17.6 Å². The highest BCUT2D eigenvalue weighted by Crippen LogP contribution is 2.29. The summed E-state index contributed by atoms with van der Waals surface area (Å²) in [6.45, 7) is 3.19. The monoisotopic (exact) mass is 291 g/mol. The molecule has 1 aliphatic heterocycles. The van der Waals surface area contributed by atoms with Gasteiger partial charge in [0.25, 0.3) is 0 Å². The summed E-state index contributed by atoms with van der Waals surface area (Å²) in [5.74, 6) is 1.67. The first-order valence-corrected chi connectivity index (χ1v) is 7.49. The second-order valence-electron chi connectivity index (χ2n) is 5.81. The van der Waals surface area contributed by atoms with E-state index in [1.54, 1.807) is 6.92 Å². The Labute approximate surface area is 126 Å². The highest BCUT2D eigenvalue weighted by Gasteiger charge is 2.28. The minimum atomic E-state index is 0.00506. The van der Waals surface area contributed by atoms with Crippen molar-refractivity contribution in [1.29, 1.82) is 0 Å². The Hall–Kier alpha value is -1.69. The number of carbonyl (C=O) groups is 1. The zero-order valence-electron chi connectivity index (χ0n) is 13.4. The van der Waals surface area contributed by atoms with Crippen molar-refractivity contribution in [1.82, 2.24) is 19.8 Å². The molecule has 0 spiro atoms. The quantitative estimate of drug-likeness (QED) is 0.914. The molecule has 1 saturated heterocycles. The van der Waals surface area contributed by atoms with Crippen LogP contribution in [0.4, 0.5) is 5.82 Å². The molecule has 0 aromatic carbocycles. The average molecular weight is 291 g/mol. The lowest BCUT2D eigenvalue weighted by Gasteiger charge is -2.34. The number of hydrogen-bond donors (Lipinski definition) is 1. The molecule has 0 bridgehead atoms. The Kier molecular flexibility index (Phi) is 5.12. The van der Waals surface area contributed by atoms with Crippen LogP contribution in [0.1, 0.15) is 43.7 Å². The first-order valence-electron chi connectivity index (χ1n) is 7.49. The number of rotatable bonds is 4. The summed E-state index contributed by atoms with van der Waals surface area (Å²) in [6, 6.07) is 1.97. The molecule has 1 N–H and O–H groups in total. The van der Waals surface area contributed by atoms with Gasteiger partial charge in [0.1, 0.15) is 5.82 Å². The van der Waals surface area contributed by atoms with Gasteiger partial charge in [-0.05, 0) is 33.4 Å². The summed E-state index contributed by atoms with van der Waals surface area (Å²) in [6.07, 6.45) is 3.12. The average Bonchev–Trinajstić information content (AvgIpc) is 2.46. The Morgan fingerprint density at radius 3 is 2.81 bits per heavy atom. The molecular formula is C15H25N5O. The molecule has 116 valence electrons. The van der Waals surface area contributed by atoms with Crippen molar-refractivity contribution in [2.24, 2.45) is 0 Å². The van der Waals surface area contributed by atoms with Gasteiger partial charge in [-0.15, -0.1) is 0 Å². The Bertz CT molecular complexity index is 503. The molecule has 0 aliphatic carbocycles. The lowest BCUT2D eigenvalue weighted by molar-refractivity contribution is -0.132. The summed E-state index contributed by atoms with van der Waals surface area (Å²) in [5, 5.41) is 3.09. The predicted octanol–water partition coefficient (Wildman–Crippen LogP) is 1.65. The molecule has 1 aromatic rings. The van der Waals surface area contributed by atoms with E-state index in [2.05, 4.69) is 15.2 Å². The van der Waals surface area contributed by atoms with Crippen molar-refractivity contribution < 1.29 is 4.79 Å². The number of anilines is 1. The number of likely N-dealkylation sites (tertiary alicyclic amines) is 1. The normalized spacial score (nSPS) is 18.9. The molecule has 2 heterocycles. The summed E-state index contributed by atoms with van der Waals surface area (Å²) in [4.78, 5) is 25.1. The molecule has 1 unspecified atom stereocenters. The highest BCUT2D eigenvalue weighted by molar-refractivity contribution is 5.73. The Morgan fingerprint density at radius 1 is 1.43 bits per heavy atom. The second-order valence-corrected chi connectivity index (χ2v) is 5.81. The standard InChI is InChI=1S/C15H25N5O/c1-11(21)20-8-6-5-7-13(20)15-17-12(10-19(3)4)9-14(16-2)18-15/h9,13H,5-8,10H2,1-4H3,(H,16,17,18). The van der Waals surface area contributed by atoms with E-state index in [4.69, 9.17) is 4.98 Å². The smallest absolute Gasteiger partial charge is 0.220 e. The fraction of sp³-hybridized carbons (Fsp3) is 0.667. The van der Waals surface area contributed by atoms with E-state index in [-0.39, 0.29) is 11.9 Å². The van der Waals surface area contributed by atoms with Crippen molar-refractivity contribution in [3.63, 3.8) is 0 Å². The van der Waals surface area contributed by atoms with Crippen molar-refractivity contribution >= 4 is 11.7 Å². The van der Waals surface area contributed by atoms with Crippen LogP contribution >= 0.6 is 0 Å². The minimum Gasteiger partial charge on any atom is -0.373 e. The van der Waals surface area contributed by atoms with Gasteiger partial charge in [-0.1, -0.05) is 0 Å². The van der Waals surface area contributed by atoms with Gasteiger partial charge in [0.05, 0.1) is 11.7 Å². The largest absolute Gasteiger partial charge is 0.373 e. The van der Waals surface area contributed by atoms with Crippen LogP contribution in [0.3, 0.4) is 0 Å². The minimum absolute atomic E-state index is 0.00506. The maximum atomic E-state index is 11.8. The van der Waals surface area contributed by atoms with Gasteiger partial charge in [0.15, 0.2) is 5.82 Å². The maximum Gasteiger partial charge on any atom is 0.220 e. The van der Waals surface area contributed by atoms with Gasteiger partial charge in [-0.3, -0.25) is 4.79 Å². The third-order valence-electron chi connectivity index (χ3n) is 3.74. The molecule has 1 aromatic heterocycles. The number of piperidine rings is 1. The lowest BCUT2D eigenvalue weighted by atomic mass is 10.0. The van der Waals surface area contributed by atoms with Crippen LogP contribution in [0.5, 0.6) is 0 Å². The van der Waals surface area contributed by atoms with Gasteiger partial charge >= 0.3 is 0 Å². The molecule has 1 aliphatic rings. The SMILES string of the molecule is CNc1cc(CN(C)C)nc(C2CCCCN2C(C)=O)n1. The van der Waals surface area contributed by atoms with E-state index in [1.165, 1.54) is 0 Å². The van der Waals surface area contributed by atoms with Crippen LogP contribution in [0, 0.1) is 0 Å². The molecule has 1 atom stereocenters. The zero-order chi connectivity index (χ0) is 15.4. The topological polar surface area (TPSA) is 61.4 Å². The molecule has 21 heavy (non-hydrogen) atoms. The number of carbonyl (C=O) groups excluding carboxylic acids is 1. The maximum absolute atomic E-state index is 11.8. The summed E-state index contributed by atoms with van der Waals surface area (Å²) < 4.78 is 0. The lowest BCUT2D eigenvalue weighted by Crippen LogP contribution is -2.38. The van der Waals surface area contributed by atoms with Crippen LogP contribution in [0.2, 0.25) is 0 Å². The molecule has 0 radical (unpaired) electrons. The van der Waals surface area contributed by atoms with E-state index in [0.717, 1.165) is 49.7 Å². The number of amides is 1. The van der Waals surface area contributed by atoms with Gasteiger partial charge in [-0.25, -0.2) is 9.97 Å². The van der Waals surface area contributed by atoms with E-state index >= 15 is 0 Å². The van der Waals surface area contributed by atoms with E-state index < -0.39 is 0 Å². The third-order valence-corrected chi connectivity index (χ3v) is 3.74. The van der Waals surface area contributed by atoms with Gasteiger partial charge < -0.3 is 15.1 Å². The van der Waals surface area contributed by atoms with Crippen LogP contribution in [0.15, 0.2) is 6.07 Å². The first-order chi connectivity index (χ1) is 10.0. The van der Waals surface area contributed by atoms with Crippen LogP contribution in [0.25, 0.3) is 0 Å². The van der Waals surface area contributed by atoms with Crippen molar-refractivity contribution in [2.75, 3.05) is 33.0 Å². The highest BCUT2D eigenvalue weighted by atomic mass is 16.2. The Balaban J connectivity index is 2.33. The summed E-state index contributed by atoms with van der Waals surface area (Å²) >= 11 is 0. The second kappa shape index (κ2) is 6.85. The molecule has 0 saturated carbocycles. The van der Waals surface area contributed by atoms with Gasteiger partial charge in [0.2, 0.25) is 5.91 Å². The van der Waals surface area contributed by atoms with Crippen LogP contribution in [-0.4, -0.2) is 53.4 Å². The van der Waals surface area contributed by atoms with Gasteiger partial charge in [0, 0.05) is 33.1 Å². The molecular weight excluding hydrogens is 266 g/mol. The molecule has 1 fully saturated rings. The fourth-order valence-electron chi connectivity index (χ4n) is 2.78.